The summed E-state index contributed by atoms with van der Waals surface area (Å²) in [5, 5.41) is 13.9. The summed E-state index contributed by atoms with van der Waals surface area (Å²) in [5.74, 6) is -1.05. The van der Waals surface area contributed by atoms with E-state index in [0.29, 0.717) is 10.9 Å². The lowest BCUT2D eigenvalue weighted by atomic mass is 10.1. The van der Waals surface area contributed by atoms with E-state index in [1.165, 1.54) is 11.3 Å². The average molecular weight is 262 g/mol. The first-order chi connectivity index (χ1) is 7.54. The molecule has 0 bridgehead atoms. The molecule has 0 saturated heterocycles. The highest BCUT2D eigenvalue weighted by molar-refractivity contribution is 7.16. The molecule has 0 saturated carbocycles. The number of rotatable bonds is 4. The van der Waals surface area contributed by atoms with Gasteiger partial charge in [-0.05, 0) is 19.1 Å². The molecular formula is C9H12ClN3O2S. The summed E-state index contributed by atoms with van der Waals surface area (Å²) >= 11 is 7.14. The van der Waals surface area contributed by atoms with Gasteiger partial charge in [0.25, 0.3) is 0 Å². The van der Waals surface area contributed by atoms with Crippen LogP contribution in [0, 0.1) is 5.92 Å². The quantitative estimate of drug-likeness (QED) is 0.331. The molecule has 1 amide bonds. The zero-order chi connectivity index (χ0) is 12.1. The Bertz CT molecular complexity index is 405. The lowest BCUT2D eigenvalue weighted by Crippen LogP contribution is -2.36. The molecular weight excluding hydrogens is 250 g/mol. The van der Waals surface area contributed by atoms with Gasteiger partial charge in [0.15, 0.2) is 5.84 Å². The van der Waals surface area contributed by atoms with Gasteiger partial charge in [-0.25, -0.2) is 0 Å². The number of hydrogen-bond donors (Lipinski definition) is 3. The molecule has 5 nitrogen and oxygen atoms in total. The minimum Gasteiger partial charge on any atom is -0.409 e. The SMILES string of the molecule is CC(C(=O)NCc1ccc(Cl)s1)C(N)=NO. The highest BCUT2D eigenvalue weighted by Gasteiger charge is 2.17. The summed E-state index contributed by atoms with van der Waals surface area (Å²) in [6.45, 7) is 1.95. The Morgan fingerprint density at radius 2 is 2.44 bits per heavy atom. The maximum atomic E-state index is 11.5. The van der Waals surface area contributed by atoms with E-state index in [4.69, 9.17) is 22.5 Å². The molecule has 16 heavy (non-hydrogen) atoms. The Kier molecular flexibility index (Phi) is 4.57. The lowest BCUT2D eigenvalue weighted by Gasteiger charge is -2.09. The molecule has 7 heteroatoms. The summed E-state index contributed by atoms with van der Waals surface area (Å²) in [6, 6.07) is 3.60. The molecule has 1 unspecified atom stereocenters. The van der Waals surface area contributed by atoms with Crippen LogP contribution in [-0.4, -0.2) is 17.0 Å². The van der Waals surface area contributed by atoms with Crippen molar-refractivity contribution in [2.45, 2.75) is 13.5 Å². The van der Waals surface area contributed by atoms with Crippen LogP contribution in [0.5, 0.6) is 0 Å². The molecule has 1 atom stereocenters. The number of nitrogens with two attached hydrogens (primary N) is 1. The van der Waals surface area contributed by atoms with Crippen LogP contribution in [0.15, 0.2) is 17.3 Å². The van der Waals surface area contributed by atoms with Crippen LogP contribution in [0.1, 0.15) is 11.8 Å². The number of hydrogen-bond acceptors (Lipinski definition) is 4. The zero-order valence-electron chi connectivity index (χ0n) is 8.61. The molecule has 0 aliphatic rings. The maximum absolute atomic E-state index is 11.5. The second kappa shape index (κ2) is 5.72. The monoisotopic (exact) mass is 261 g/mol. The normalized spacial score (nSPS) is 13.5. The molecule has 1 aromatic rings. The molecule has 0 fully saturated rings. The summed E-state index contributed by atoms with van der Waals surface area (Å²) in [5.41, 5.74) is 5.31. The van der Waals surface area contributed by atoms with Gasteiger partial charge in [0, 0.05) is 4.88 Å². The standard InChI is InChI=1S/C9H12ClN3O2S/c1-5(8(11)13-15)9(14)12-4-6-2-3-7(10)16-6/h2-3,5,15H,4H2,1H3,(H2,11,13)(H,12,14). The van der Waals surface area contributed by atoms with E-state index in [1.54, 1.807) is 13.0 Å². The molecule has 0 aliphatic heterocycles. The van der Waals surface area contributed by atoms with Crippen molar-refractivity contribution >= 4 is 34.7 Å². The van der Waals surface area contributed by atoms with E-state index in [1.807, 2.05) is 6.07 Å². The number of amides is 1. The second-order valence-corrected chi connectivity index (χ2v) is 4.97. The molecule has 0 aliphatic carbocycles. The molecule has 1 heterocycles. The van der Waals surface area contributed by atoms with Crippen molar-refractivity contribution in [2.75, 3.05) is 0 Å². The Balaban J connectivity index is 2.47. The fraction of sp³-hybridized carbons (Fsp3) is 0.333. The largest absolute Gasteiger partial charge is 0.409 e. The topological polar surface area (TPSA) is 87.7 Å². The minimum absolute atomic E-state index is 0.110. The van der Waals surface area contributed by atoms with E-state index < -0.39 is 5.92 Å². The Hall–Kier alpha value is -1.27. The molecule has 88 valence electrons. The Labute approximate surface area is 102 Å². The number of nitrogens with one attached hydrogen (secondary N) is 1. The van der Waals surface area contributed by atoms with Crippen molar-refractivity contribution < 1.29 is 10.0 Å². The van der Waals surface area contributed by atoms with Gasteiger partial charge < -0.3 is 16.3 Å². The van der Waals surface area contributed by atoms with Crippen LogP contribution in [0.25, 0.3) is 0 Å². The predicted octanol–water partition coefficient (Wildman–Crippen LogP) is 1.40. The van der Waals surface area contributed by atoms with Crippen molar-refractivity contribution in [1.82, 2.24) is 5.32 Å². The Morgan fingerprint density at radius 1 is 1.75 bits per heavy atom. The van der Waals surface area contributed by atoms with Crippen LogP contribution in [0.4, 0.5) is 0 Å². The van der Waals surface area contributed by atoms with E-state index in [-0.39, 0.29) is 11.7 Å². The Morgan fingerprint density at radius 3 is 2.94 bits per heavy atom. The molecule has 0 spiro atoms. The van der Waals surface area contributed by atoms with Crippen molar-refractivity contribution in [3.8, 4) is 0 Å². The fourth-order valence-electron chi connectivity index (χ4n) is 0.995. The lowest BCUT2D eigenvalue weighted by molar-refractivity contribution is -0.122. The van der Waals surface area contributed by atoms with E-state index >= 15 is 0 Å². The number of nitrogens with zero attached hydrogens (tertiary/aromatic N) is 1. The third kappa shape index (κ3) is 3.39. The molecule has 1 rings (SSSR count). The van der Waals surface area contributed by atoms with E-state index in [2.05, 4.69) is 10.5 Å². The van der Waals surface area contributed by atoms with E-state index in [9.17, 15) is 4.79 Å². The van der Waals surface area contributed by atoms with Crippen LogP contribution < -0.4 is 11.1 Å². The van der Waals surface area contributed by atoms with Gasteiger partial charge in [0.05, 0.1) is 16.8 Å². The number of amidine groups is 1. The van der Waals surface area contributed by atoms with Gasteiger partial charge in [-0.3, -0.25) is 4.79 Å². The number of carbonyl (C=O) groups excluding carboxylic acids is 1. The third-order valence-electron chi connectivity index (χ3n) is 2.02. The van der Waals surface area contributed by atoms with Crippen molar-refractivity contribution in [1.29, 1.82) is 0 Å². The highest BCUT2D eigenvalue weighted by atomic mass is 35.5. The number of oxime groups is 1. The number of carbonyl (C=O) groups is 1. The molecule has 1 aromatic heterocycles. The molecule has 0 aromatic carbocycles. The van der Waals surface area contributed by atoms with Crippen molar-refractivity contribution in [3.63, 3.8) is 0 Å². The van der Waals surface area contributed by atoms with Crippen LogP contribution in [0.3, 0.4) is 0 Å². The van der Waals surface area contributed by atoms with Crippen LogP contribution in [0.2, 0.25) is 4.34 Å². The molecule has 4 N–H and O–H groups in total. The van der Waals surface area contributed by atoms with Gasteiger partial charge in [-0.2, -0.15) is 0 Å². The number of thiophene rings is 1. The van der Waals surface area contributed by atoms with Gasteiger partial charge in [-0.1, -0.05) is 16.8 Å². The summed E-state index contributed by atoms with van der Waals surface area (Å²) in [4.78, 5) is 12.5. The van der Waals surface area contributed by atoms with Crippen molar-refractivity contribution in [3.05, 3.63) is 21.3 Å². The van der Waals surface area contributed by atoms with E-state index in [0.717, 1.165) is 4.88 Å². The second-order valence-electron chi connectivity index (χ2n) is 3.17. The average Bonchev–Trinajstić information content (AvgIpc) is 2.69. The first-order valence-corrected chi connectivity index (χ1v) is 5.73. The first kappa shape index (κ1) is 12.8. The predicted molar refractivity (Wildman–Crippen MR) is 63.7 cm³/mol. The summed E-state index contributed by atoms with van der Waals surface area (Å²) < 4.78 is 0.675. The molecule has 0 radical (unpaired) electrons. The fourth-order valence-corrected chi connectivity index (χ4v) is 2.02. The smallest absolute Gasteiger partial charge is 0.230 e. The van der Waals surface area contributed by atoms with Crippen LogP contribution in [-0.2, 0) is 11.3 Å². The first-order valence-electron chi connectivity index (χ1n) is 4.54. The van der Waals surface area contributed by atoms with Crippen molar-refractivity contribution in [2.24, 2.45) is 16.8 Å². The van der Waals surface area contributed by atoms with Crippen LogP contribution >= 0.6 is 22.9 Å². The number of halogens is 1. The van der Waals surface area contributed by atoms with Gasteiger partial charge in [0.2, 0.25) is 5.91 Å². The minimum atomic E-state index is -0.652. The summed E-state index contributed by atoms with van der Waals surface area (Å²) in [6.07, 6.45) is 0. The maximum Gasteiger partial charge on any atom is 0.230 e. The zero-order valence-corrected chi connectivity index (χ0v) is 10.2. The van der Waals surface area contributed by atoms with Gasteiger partial charge in [-0.15, -0.1) is 11.3 Å². The summed E-state index contributed by atoms with van der Waals surface area (Å²) in [7, 11) is 0. The highest BCUT2D eigenvalue weighted by Crippen LogP contribution is 2.21. The third-order valence-corrected chi connectivity index (χ3v) is 3.25. The van der Waals surface area contributed by atoms with Gasteiger partial charge in [0.1, 0.15) is 0 Å². The van der Waals surface area contributed by atoms with Gasteiger partial charge >= 0.3 is 0 Å².